The van der Waals surface area contributed by atoms with Crippen molar-refractivity contribution in [1.82, 2.24) is 15.0 Å². The van der Waals surface area contributed by atoms with E-state index in [4.69, 9.17) is 10.5 Å². The zero-order valence-electron chi connectivity index (χ0n) is 11.5. The Morgan fingerprint density at radius 1 is 1.48 bits per heavy atom. The van der Waals surface area contributed by atoms with Crippen LogP contribution < -0.4 is 15.9 Å². The summed E-state index contributed by atoms with van der Waals surface area (Å²) in [6, 6.07) is 7.65. The van der Waals surface area contributed by atoms with Crippen molar-refractivity contribution in [3.8, 4) is 5.75 Å². The average Bonchev–Trinajstić information content (AvgIpc) is 2.98. The van der Waals surface area contributed by atoms with Gasteiger partial charge in [0.25, 0.3) is 0 Å². The van der Waals surface area contributed by atoms with Crippen LogP contribution in [0.4, 0.5) is 0 Å². The Bertz CT molecular complexity index is 597. The van der Waals surface area contributed by atoms with Crippen molar-refractivity contribution in [2.24, 2.45) is 10.8 Å². The van der Waals surface area contributed by atoms with Gasteiger partial charge in [-0.25, -0.2) is 4.98 Å². The fraction of sp³-hybridized carbons (Fsp3) is 0.214. The highest BCUT2D eigenvalue weighted by Gasteiger charge is 2.00. The molecule has 0 saturated carbocycles. The molecule has 6 nitrogen and oxygen atoms in total. The number of hydrogen-bond acceptors (Lipinski definition) is 4. The number of imidazole rings is 1. The predicted octanol–water partition coefficient (Wildman–Crippen LogP) is 1.52. The van der Waals surface area contributed by atoms with E-state index in [1.54, 1.807) is 18.7 Å². The fourth-order valence-corrected chi connectivity index (χ4v) is 1.79. The first-order valence-electron chi connectivity index (χ1n) is 6.52. The highest BCUT2D eigenvalue weighted by atomic mass is 32.1. The summed E-state index contributed by atoms with van der Waals surface area (Å²) in [7, 11) is 0. The number of hydrazone groups is 1. The highest BCUT2D eigenvalue weighted by molar-refractivity contribution is 7.80. The fourth-order valence-electron chi connectivity index (χ4n) is 1.73. The first-order chi connectivity index (χ1) is 10.3. The molecule has 0 aliphatic heterocycles. The zero-order chi connectivity index (χ0) is 14.9. The molecule has 0 spiro atoms. The molecule has 0 unspecified atom stereocenters. The lowest BCUT2D eigenvalue weighted by atomic mass is 10.2. The number of hydrogen-bond donors (Lipinski definition) is 2. The maximum Gasteiger partial charge on any atom is 0.184 e. The number of thiocarbonyl (C=S) groups is 1. The Kier molecular flexibility index (Phi) is 5.71. The topological polar surface area (TPSA) is 77.5 Å². The van der Waals surface area contributed by atoms with Gasteiger partial charge in [0, 0.05) is 24.5 Å². The summed E-state index contributed by atoms with van der Waals surface area (Å²) in [5.41, 5.74) is 8.69. The van der Waals surface area contributed by atoms with Crippen molar-refractivity contribution < 1.29 is 4.74 Å². The summed E-state index contributed by atoms with van der Waals surface area (Å²) < 4.78 is 7.79. The molecule has 0 atom stereocenters. The number of benzene rings is 1. The molecule has 0 aliphatic carbocycles. The van der Waals surface area contributed by atoms with E-state index in [9.17, 15) is 0 Å². The number of aromatic nitrogens is 2. The SMILES string of the molecule is NC(=S)NN=Cc1ccccc1OCCCn1ccnc1. The Labute approximate surface area is 128 Å². The number of nitrogens with zero attached hydrogens (tertiary/aromatic N) is 3. The summed E-state index contributed by atoms with van der Waals surface area (Å²) in [4.78, 5) is 4.00. The van der Waals surface area contributed by atoms with Gasteiger partial charge in [0.05, 0.1) is 19.1 Å². The third-order valence-electron chi connectivity index (χ3n) is 2.67. The molecule has 2 rings (SSSR count). The van der Waals surface area contributed by atoms with E-state index in [0.717, 1.165) is 24.3 Å². The van der Waals surface area contributed by atoms with E-state index in [0.29, 0.717) is 6.61 Å². The van der Waals surface area contributed by atoms with E-state index < -0.39 is 0 Å². The van der Waals surface area contributed by atoms with E-state index in [1.807, 2.05) is 35.0 Å². The van der Waals surface area contributed by atoms with Gasteiger partial charge >= 0.3 is 0 Å². The van der Waals surface area contributed by atoms with E-state index in [2.05, 4.69) is 27.7 Å². The molecule has 0 radical (unpaired) electrons. The average molecular weight is 303 g/mol. The molecule has 0 saturated heterocycles. The monoisotopic (exact) mass is 303 g/mol. The highest BCUT2D eigenvalue weighted by Crippen LogP contribution is 2.16. The number of nitrogens with two attached hydrogens (primary N) is 1. The maximum atomic E-state index is 5.78. The van der Waals surface area contributed by atoms with Crippen LogP contribution in [0.15, 0.2) is 48.1 Å². The maximum absolute atomic E-state index is 5.78. The molecule has 1 aromatic heterocycles. The lowest BCUT2D eigenvalue weighted by Crippen LogP contribution is -2.24. The number of ether oxygens (including phenoxy) is 1. The van der Waals surface area contributed by atoms with Crippen LogP contribution in [-0.2, 0) is 6.54 Å². The van der Waals surface area contributed by atoms with Gasteiger partial charge in [-0.15, -0.1) is 0 Å². The van der Waals surface area contributed by atoms with Crippen LogP contribution in [0.2, 0.25) is 0 Å². The molecule has 0 bridgehead atoms. The summed E-state index contributed by atoms with van der Waals surface area (Å²) in [6.45, 7) is 1.49. The smallest absolute Gasteiger partial charge is 0.184 e. The van der Waals surface area contributed by atoms with Crippen LogP contribution in [0.5, 0.6) is 5.75 Å². The largest absolute Gasteiger partial charge is 0.493 e. The van der Waals surface area contributed by atoms with Crippen molar-refractivity contribution in [2.75, 3.05) is 6.61 Å². The van der Waals surface area contributed by atoms with Crippen molar-refractivity contribution in [2.45, 2.75) is 13.0 Å². The Morgan fingerprint density at radius 2 is 2.33 bits per heavy atom. The molecule has 1 heterocycles. The second kappa shape index (κ2) is 8.01. The van der Waals surface area contributed by atoms with Crippen LogP contribution in [0.25, 0.3) is 0 Å². The first-order valence-corrected chi connectivity index (χ1v) is 6.92. The second-order valence-corrected chi connectivity index (χ2v) is 4.71. The van der Waals surface area contributed by atoms with Gasteiger partial charge < -0.3 is 15.0 Å². The molecular weight excluding hydrogens is 286 g/mol. The van der Waals surface area contributed by atoms with Crippen molar-refractivity contribution in [1.29, 1.82) is 0 Å². The van der Waals surface area contributed by atoms with Gasteiger partial charge in [-0.05, 0) is 30.8 Å². The van der Waals surface area contributed by atoms with Crippen LogP contribution in [-0.4, -0.2) is 27.5 Å². The van der Waals surface area contributed by atoms with E-state index in [1.165, 1.54) is 0 Å². The molecule has 0 fully saturated rings. The Balaban J connectivity index is 1.84. The van der Waals surface area contributed by atoms with Crippen LogP contribution in [0.3, 0.4) is 0 Å². The number of para-hydroxylation sites is 1. The number of rotatable bonds is 7. The zero-order valence-corrected chi connectivity index (χ0v) is 12.3. The van der Waals surface area contributed by atoms with Gasteiger partial charge in [-0.3, -0.25) is 5.43 Å². The van der Waals surface area contributed by atoms with Gasteiger partial charge in [0.1, 0.15) is 5.75 Å². The second-order valence-electron chi connectivity index (χ2n) is 4.27. The van der Waals surface area contributed by atoms with Crippen LogP contribution >= 0.6 is 12.2 Å². The molecule has 0 amide bonds. The summed E-state index contributed by atoms with van der Waals surface area (Å²) in [6.07, 6.45) is 8.02. The normalized spacial score (nSPS) is 10.7. The molecule has 21 heavy (non-hydrogen) atoms. The number of nitrogens with one attached hydrogen (secondary N) is 1. The molecule has 1 aromatic carbocycles. The summed E-state index contributed by atoms with van der Waals surface area (Å²) in [5.74, 6) is 0.775. The Hall–Kier alpha value is -2.41. The minimum absolute atomic E-state index is 0.130. The van der Waals surface area contributed by atoms with Crippen molar-refractivity contribution in [3.05, 3.63) is 48.5 Å². The van der Waals surface area contributed by atoms with Crippen molar-refractivity contribution in [3.63, 3.8) is 0 Å². The standard InChI is InChI=1S/C14H17N5OS/c15-14(21)18-17-10-12-4-1-2-5-13(12)20-9-3-7-19-8-6-16-11-19/h1-2,4-6,8,10-11H,3,7,9H2,(H3,15,18,21). The predicted molar refractivity (Wildman–Crippen MR) is 86.3 cm³/mol. The third-order valence-corrected chi connectivity index (χ3v) is 2.77. The van der Waals surface area contributed by atoms with E-state index >= 15 is 0 Å². The first kappa shape index (κ1) is 15.0. The number of aryl methyl sites for hydroxylation is 1. The van der Waals surface area contributed by atoms with Crippen LogP contribution in [0.1, 0.15) is 12.0 Å². The van der Waals surface area contributed by atoms with Gasteiger partial charge in [0.2, 0.25) is 0 Å². The van der Waals surface area contributed by atoms with Gasteiger partial charge in [-0.2, -0.15) is 5.10 Å². The molecule has 2 aromatic rings. The van der Waals surface area contributed by atoms with E-state index in [-0.39, 0.29) is 5.11 Å². The van der Waals surface area contributed by atoms with Gasteiger partial charge in [0.15, 0.2) is 5.11 Å². The van der Waals surface area contributed by atoms with Crippen LogP contribution in [0, 0.1) is 0 Å². The lowest BCUT2D eigenvalue weighted by Gasteiger charge is -2.09. The molecular formula is C14H17N5OS. The quantitative estimate of drug-likeness (QED) is 0.351. The minimum atomic E-state index is 0.130. The Morgan fingerprint density at radius 3 is 3.10 bits per heavy atom. The third kappa shape index (κ3) is 5.23. The molecule has 3 N–H and O–H groups in total. The molecule has 110 valence electrons. The summed E-state index contributed by atoms with van der Waals surface area (Å²) in [5, 5.41) is 4.07. The van der Waals surface area contributed by atoms with Crippen molar-refractivity contribution >= 4 is 23.5 Å². The molecule has 0 aliphatic rings. The minimum Gasteiger partial charge on any atom is -0.493 e. The lowest BCUT2D eigenvalue weighted by molar-refractivity contribution is 0.301. The molecule has 7 heteroatoms. The van der Waals surface area contributed by atoms with Gasteiger partial charge in [-0.1, -0.05) is 12.1 Å². The summed E-state index contributed by atoms with van der Waals surface area (Å²) >= 11 is 4.68.